The average Bonchev–Trinajstić information content (AvgIpc) is 2.87. The summed E-state index contributed by atoms with van der Waals surface area (Å²) in [5.74, 6) is 0. The van der Waals surface area contributed by atoms with Crippen LogP contribution in [0.2, 0.25) is 0 Å². The third-order valence-corrected chi connectivity index (χ3v) is 3.47. The Kier molecular flexibility index (Phi) is 4.74. The number of aromatic nitrogens is 2. The number of hydrogen-bond donors (Lipinski definition) is 1. The highest BCUT2D eigenvalue weighted by Crippen LogP contribution is 2.12. The van der Waals surface area contributed by atoms with Crippen LogP contribution in [0, 0.1) is 0 Å². The first-order chi connectivity index (χ1) is 8.70. The summed E-state index contributed by atoms with van der Waals surface area (Å²) in [4.78, 5) is 0. The van der Waals surface area contributed by atoms with E-state index in [0.717, 1.165) is 18.5 Å². The van der Waals surface area contributed by atoms with Gasteiger partial charge < -0.3 is 15.2 Å². The molecule has 102 valence electrons. The van der Waals surface area contributed by atoms with Gasteiger partial charge in [0.15, 0.2) is 0 Å². The van der Waals surface area contributed by atoms with Crippen LogP contribution < -0.4 is 5.73 Å². The molecule has 0 saturated carbocycles. The third-order valence-electron chi connectivity index (χ3n) is 3.47. The van der Waals surface area contributed by atoms with E-state index < -0.39 is 0 Å². The second-order valence-corrected chi connectivity index (χ2v) is 4.90. The summed E-state index contributed by atoms with van der Waals surface area (Å²) in [7, 11) is 0. The molecule has 0 amide bonds. The fraction of sp³-hybridized carbons (Fsp3) is 0.769. The molecular weight excluding hydrogens is 230 g/mol. The predicted octanol–water partition coefficient (Wildman–Crippen LogP) is 1.14. The van der Waals surface area contributed by atoms with Crippen molar-refractivity contribution in [3.63, 3.8) is 0 Å². The standard InChI is InChI=1S/C13H23N3O2/c1-3-10(2)16-5-4-11(15-16)8-12(14)13-9-17-6-7-18-13/h4-5,10,12-13H,3,6-9,14H2,1-2H3. The Balaban J connectivity index is 1.90. The van der Waals surface area contributed by atoms with Crippen LogP contribution in [0.15, 0.2) is 12.3 Å². The van der Waals surface area contributed by atoms with Gasteiger partial charge in [-0.1, -0.05) is 6.92 Å². The van der Waals surface area contributed by atoms with Crippen molar-refractivity contribution in [1.29, 1.82) is 0 Å². The van der Waals surface area contributed by atoms with E-state index in [4.69, 9.17) is 15.2 Å². The van der Waals surface area contributed by atoms with Gasteiger partial charge in [0.25, 0.3) is 0 Å². The van der Waals surface area contributed by atoms with E-state index in [1.807, 2.05) is 16.9 Å². The lowest BCUT2D eigenvalue weighted by Crippen LogP contribution is -2.44. The lowest BCUT2D eigenvalue weighted by molar-refractivity contribution is -0.0968. The quantitative estimate of drug-likeness (QED) is 0.854. The van der Waals surface area contributed by atoms with Gasteiger partial charge >= 0.3 is 0 Å². The molecule has 2 rings (SSSR count). The Morgan fingerprint density at radius 3 is 3.06 bits per heavy atom. The highest BCUT2D eigenvalue weighted by atomic mass is 16.6. The van der Waals surface area contributed by atoms with Crippen molar-refractivity contribution >= 4 is 0 Å². The van der Waals surface area contributed by atoms with Crippen molar-refractivity contribution in [1.82, 2.24) is 9.78 Å². The summed E-state index contributed by atoms with van der Waals surface area (Å²) >= 11 is 0. The SMILES string of the molecule is CCC(C)n1ccc(CC(N)C2COCCO2)n1. The van der Waals surface area contributed by atoms with Gasteiger partial charge in [-0.15, -0.1) is 0 Å². The van der Waals surface area contributed by atoms with Crippen LogP contribution in [0.5, 0.6) is 0 Å². The van der Waals surface area contributed by atoms with Crippen molar-refractivity contribution in [2.75, 3.05) is 19.8 Å². The van der Waals surface area contributed by atoms with Gasteiger partial charge in [-0.25, -0.2) is 0 Å². The van der Waals surface area contributed by atoms with Crippen LogP contribution in [-0.2, 0) is 15.9 Å². The van der Waals surface area contributed by atoms with E-state index in [1.165, 1.54) is 0 Å². The lowest BCUT2D eigenvalue weighted by Gasteiger charge is -2.27. The molecule has 2 N–H and O–H groups in total. The summed E-state index contributed by atoms with van der Waals surface area (Å²) in [6.45, 7) is 6.22. The number of nitrogens with two attached hydrogens (primary N) is 1. The van der Waals surface area contributed by atoms with Crippen LogP contribution >= 0.6 is 0 Å². The Morgan fingerprint density at radius 1 is 1.56 bits per heavy atom. The predicted molar refractivity (Wildman–Crippen MR) is 69.5 cm³/mol. The molecule has 3 unspecified atom stereocenters. The molecule has 5 heteroatoms. The van der Waals surface area contributed by atoms with Gasteiger partial charge in [0.2, 0.25) is 0 Å². The van der Waals surface area contributed by atoms with E-state index in [0.29, 0.717) is 25.9 Å². The van der Waals surface area contributed by atoms with Gasteiger partial charge in [-0.2, -0.15) is 5.10 Å². The van der Waals surface area contributed by atoms with Gasteiger partial charge in [0.05, 0.1) is 31.6 Å². The van der Waals surface area contributed by atoms with Crippen molar-refractivity contribution in [2.45, 2.75) is 44.9 Å². The zero-order valence-electron chi connectivity index (χ0n) is 11.2. The van der Waals surface area contributed by atoms with Crippen LogP contribution in [0.25, 0.3) is 0 Å². The average molecular weight is 253 g/mol. The molecule has 1 fully saturated rings. The molecule has 1 aromatic rings. The molecule has 0 aliphatic carbocycles. The van der Waals surface area contributed by atoms with E-state index in [1.54, 1.807) is 0 Å². The molecule has 0 radical (unpaired) electrons. The Hall–Kier alpha value is -0.910. The Morgan fingerprint density at radius 2 is 2.39 bits per heavy atom. The van der Waals surface area contributed by atoms with Gasteiger partial charge in [-0.05, 0) is 19.4 Å². The monoisotopic (exact) mass is 253 g/mol. The van der Waals surface area contributed by atoms with Gasteiger partial charge in [0, 0.05) is 24.7 Å². The fourth-order valence-electron chi connectivity index (χ4n) is 2.04. The summed E-state index contributed by atoms with van der Waals surface area (Å²) < 4.78 is 13.0. The fourth-order valence-corrected chi connectivity index (χ4v) is 2.04. The van der Waals surface area contributed by atoms with Crippen LogP contribution in [0.1, 0.15) is 32.0 Å². The summed E-state index contributed by atoms with van der Waals surface area (Å²) in [6, 6.07) is 2.42. The normalized spacial score (nSPS) is 23.8. The van der Waals surface area contributed by atoms with Crippen LogP contribution in [0.3, 0.4) is 0 Å². The summed E-state index contributed by atoms with van der Waals surface area (Å²) in [5.41, 5.74) is 7.17. The topological polar surface area (TPSA) is 62.3 Å². The van der Waals surface area contributed by atoms with Gasteiger partial charge in [-0.3, -0.25) is 4.68 Å². The van der Waals surface area contributed by atoms with E-state index in [9.17, 15) is 0 Å². The highest BCUT2D eigenvalue weighted by Gasteiger charge is 2.23. The Labute approximate surface area is 108 Å². The number of ether oxygens (including phenoxy) is 2. The van der Waals surface area contributed by atoms with Crippen LogP contribution in [0.4, 0.5) is 0 Å². The van der Waals surface area contributed by atoms with Gasteiger partial charge in [0.1, 0.15) is 0 Å². The van der Waals surface area contributed by atoms with Crippen LogP contribution in [-0.4, -0.2) is 41.7 Å². The van der Waals surface area contributed by atoms with Crippen molar-refractivity contribution in [3.05, 3.63) is 18.0 Å². The van der Waals surface area contributed by atoms with Crippen molar-refractivity contribution < 1.29 is 9.47 Å². The maximum absolute atomic E-state index is 6.14. The molecule has 18 heavy (non-hydrogen) atoms. The maximum atomic E-state index is 6.14. The zero-order valence-corrected chi connectivity index (χ0v) is 11.2. The summed E-state index contributed by atoms with van der Waals surface area (Å²) in [5, 5.41) is 4.56. The molecule has 3 atom stereocenters. The lowest BCUT2D eigenvalue weighted by atomic mass is 10.1. The maximum Gasteiger partial charge on any atom is 0.0963 e. The molecule has 0 bridgehead atoms. The second kappa shape index (κ2) is 6.31. The first kappa shape index (κ1) is 13.5. The molecule has 1 aliphatic heterocycles. The second-order valence-electron chi connectivity index (χ2n) is 4.90. The summed E-state index contributed by atoms with van der Waals surface area (Å²) in [6.07, 6.45) is 3.83. The highest BCUT2D eigenvalue weighted by molar-refractivity contribution is 5.03. The molecule has 2 heterocycles. The number of rotatable bonds is 5. The Bertz CT molecular complexity index is 361. The van der Waals surface area contributed by atoms with E-state index >= 15 is 0 Å². The largest absolute Gasteiger partial charge is 0.376 e. The number of nitrogens with zero attached hydrogens (tertiary/aromatic N) is 2. The molecule has 0 spiro atoms. The molecular formula is C13H23N3O2. The van der Waals surface area contributed by atoms with Crippen molar-refractivity contribution in [3.8, 4) is 0 Å². The minimum atomic E-state index is -0.0504. The molecule has 1 aromatic heterocycles. The third kappa shape index (κ3) is 3.31. The molecule has 0 aromatic carbocycles. The minimum Gasteiger partial charge on any atom is -0.376 e. The number of hydrogen-bond acceptors (Lipinski definition) is 4. The first-order valence-corrected chi connectivity index (χ1v) is 6.69. The van der Waals surface area contributed by atoms with Crippen molar-refractivity contribution in [2.24, 2.45) is 5.73 Å². The molecule has 1 saturated heterocycles. The smallest absolute Gasteiger partial charge is 0.0963 e. The molecule has 1 aliphatic rings. The van der Waals surface area contributed by atoms with E-state index in [-0.39, 0.29) is 12.1 Å². The molecule has 5 nitrogen and oxygen atoms in total. The minimum absolute atomic E-state index is 0.00695. The zero-order chi connectivity index (χ0) is 13.0. The van der Waals surface area contributed by atoms with E-state index in [2.05, 4.69) is 18.9 Å². The first-order valence-electron chi connectivity index (χ1n) is 6.69.